The minimum Gasteiger partial charge on any atom is -0.349 e. The van der Waals surface area contributed by atoms with Gasteiger partial charge in [0.1, 0.15) is 4.91 Å². The summed E-state index contributed by atoms with van der Waals surface area (Å²) in [5.74, 6) is 0. The molecule has 1 heterocycles. The molecule has 2 aromatic rings. The van der Waals surface area contributed by atoms with Crippen LogP contribution in [0.25, 0.3) is 4.91 Å². The van der Waals surface area contributed by atoms with Crippen molar-refractivity contribution in [2.45, 2.75) is 18.7 Å². The number of nitrogens with one attached hydrogen (secondary N) is 1. The van der Waals surface area contributed by atoms with Crippen LogP contribution in [0.15, 0.2) is 64.1 Å². The van der Waals surface area contributed by atoms with Gasteiger partial charge in [-0.2, -0.15) is 0 Å². The number of para-hydroxylation sites is 1. The van der Waals surface area contributed by atoms with Crippen LogP contribution in [0.2, 0.25) is 0 Å². The second-order valence-corrected chi connectivity index (χ2v) is 7.08. The molecule has 2 aromatic carbocycles. The van der Waals surface area contributed by atoms with Crippen molar-refractivity contribution in [1.82, 2.24) is 5.32 Å². The van der Waals surface area contributed by atoms with E-state index in [4.69, 9.17) is 0 Å². The molecule has 0 bridgehead atoms. The Labute approximate surface area is 130 Å². The summed E-state index contributed by atoms with van der Waals surface area (Å²) >= 11 is 0. The molecule has 0 atom stereocenters. The maximum atomic E-state index is 13.1. The highest BCUT2D eigenvalue weighted by molar-refractivity contribution is 8.00. The highest BCUT2D eigenvalue weighted by Gasteiger charge is 2.27. The molecule has 0 saturated carbocycles. The summed E-state index contributed by atoms with van der Waals surface area (Å²) in [6.07, 6.45) is 1.52. The largest absolute Gasteiger partial charge is 0.349 e. The molecule has 4 nitrogen and oxygen atoms in total. The fraction of sp³-hybridized carbons (Fsp3) is 0.118. The van der Waals surface area contributed by atoms with Crippen molar-refractivity contribution >= 4 is 26.8 Å². The molecule has 1 aliphatic heterocycles. The zero-order valence-corrected chi connectivity index (χ0v) is 13.2. The second-order valence-electron chi connectivity index (χ2n) is 5.19. The summed E-state index contributed by atoms with van der Waals surface area (Å²) in [5.41, 5.74) is 2.83. The van der Waals surface area contributed by atoms with Gasteiger partial charge in [-0.05, 0) is 32.0 Å². The standard InChI is InChI=1S/C17H16N2O2S/c1-12-7-9-14(10-8-12)22(20,21)17-13(2)18-11-19-16-6-4-3-5-15(16)17/h3-11H,1-2H3,(H,18,19). The molecule has 5 heteroatoms. The van der Waals surface area contributed by atoms with Crippen LogP contribution in [-0.2, 0) is 9.84 Å². The second kappa shape index (κ2) is 5.42. The predicted octanol–water partition coefficient (Wildman–Crippen LogP) is 3.42. The zero-order valence-electron chi connectivity index (χ0n) is 12.4. The van der Waals surface area contributed by atoms with Gasteiger partial charge in [0.05, 0.1) is 16.9 Å². The van der Waals surface area contributed by atoms with Gasteiger partial charge < -0.3 is 5.32 Å². The predicted molar refractivity (Wildman–Crippen MR) is 88.7 cm³/mol. The van der Waals surface area contributed by atoms with E-state index in [2.05, 4.69) is 10.3 Å². The van der Waals surface area contributed by atoms with Crippen molar-refractivity contribution in [2.24, 2.45) is 4.99 Å². The lowest BCUT2D eigenvalue weighted by molar-refractivity contribution is 0.605. The van der Waals surface area contributed by atoms with Crippen LogP contribution in [0.4, 0.5) is 5.69 Å². The third-order valence-electron chi connectivity index (χ3n) is 3.57. The first-order valence-electron chi connectivity index (χ1n) is 6.91. The fourth-order valence-electron chi connectivity index (χ4n) is 2.43. The van der Waals surface area contributed by atoms with Crippen LogP contribution in [0.3, 0.4) is 0 Å². The van der Waals surface area contributed by atoms with E-state index < -0.39 is 9.84 Å². The maximum Gasteiger partial charge on any atom is 0.208 e. The molecule has 112 valence electrons. The van der Waals surface area contributed by atoms with Gasteiger partial charge in [-0.25, -0.2) is 13.4 Å². The molecule has 1 aliphatic rings. The molecule has 0 unspecified atom stereocenters. The average molecular weight is 312 g/mol. The highest BCUT2D eigenvalue weighted by atomic mass is 32.2. The molecule has 0 saturated heterocycles. The van der Waals surface area contributed by atoms with Crippen LogP contribution in [0, 0.1) is 6.92 Å². The Kier molecular flexibility index (Phi) is 3.58. The monoisotopic (exact) mass is 312 g/mol. The molecule has 22 heavy (non-hydrogen) atoms. The molecule has 1 N–H and O–H groups in total. The summed E-state index contributed by atoms with van der Waals surface area (Å²) in [5, 5.41) is 2.94. The highest BCUT2D eigenvalue weighted by Crippen LogP contribution is 2.36. The number of fused-ring (bicyclic) bond motifs is 1. The van der Waals surface area contributed by atoms with E-state index in [1.165, 1.54) is 6.34 Å². The van der Waals surface area contributed by atoms with Crippen LogP contribution in [-0.4, -0.2) is 14.8 Å². The normalized spacial score (nSPS) is 14.3. The van der Waals surface area contributed by atoms with Gasteiger partial charge in [0.2, 0.25) is 9.84 Å². The summed E-state index contributed by atoms with van der Waals surface area (Å²) in [6, 6.07) is 14.1. The average Bonchev–Trinajstić information content (AvgIpc) is 2.66. The lowest BCUT2D eigenvalue weighted by Gasteiger charge is -2.13. The first kappa shape index (κ1) is 14.5. The number of hydrogen-bond acceptors (Lipinski definition) is 4. The van der Waals surface area contributed by atoms with Crippen molar-refractivity contribution in [3.8, 4) is 0 Å². The first-order valence-corrected chi connectivity index (χ1v) is 8.39. The van der Waals surface area contributed by atoms with Gasteiger partial charge in [0.25, 0.3) is 0 Å². The third kappa shape index (κ3) is 2.44. The fourth-order valence-corrected chi connectivity index (χ4v) is 4.08. The Balaban J connectivity index is 2.24. The number of nitrogens with zero attached hydrogens (tertiary/aromatic N) is 1. The summed E-state index contributed by atoms with van der Waals surface area (Å²) in [6.45, 7) is 3.67. The van der Waals surface area contributed by atoms with Gasteiger partial charge >= 0.3 is 0 Å². The van der Waals surface area contributed by atoms with E-state index >= 15 is 0 Å². The quantitative estimate of drug-likeness (QED) is 0.924. The molecule has 0 aromatic heterocycles. The van der Waals surface area contributed by atoms with E-state index in [0.29, 0.717) is 16.9 Å². The van der Waals surface area contributed by atoms with Crippen LogP contribution in [0.5, 0.6) is 0 Å². The topological polar surface area (TPSA) is 58.5 Å². The number of benzene rings is 2. The maximum absolute atomic E-state index is 13.1. The van der Waals surface area contributed by atoms with Crippen molar-refractivity contribution in [2.75, 3.05) is 0 Å². The van der Waals surface area contributed by atoms with Crippen molar-refractivity contribution < 1.29 is 8.42 Å². The molecule has 0 aliphatic carbocycles. The van der Waals surface area contributed by atoms with Gasteiger partial charge in [0.15, 0.2) is 0 Å². The Morgan fingerprint density at radius 3 is 2.36 bits per heavy atom. The summed E-state index contributed by atoms with van der Waals surface area (Å²) in [4.78, 5) is 4.82. The number of allylic oxidation sites excluding steroid dienone is 1. The minimum absolute atomic E-state index is 0.268. The van der Waals surface area contributed by atoms with Crippen LogP contribution in [0.1, 0.15) is 18.1 Å². The van der Waals surface area contributed by atoms with Crippen LogP contribution >= 0.6 is 0 Å². The van der Waals surface area contributed by atoms with E-state index in [0.717, 1.165) is 5.56 Å². The van der Waals surface area contributed by atoms with Gasteiger partial charge in [-0.15, -0.1) is 0 Å². The zero-order chi connectivity index (χ0) is 15.7. The lowest BCUT2D eigenvalue weighted by Crippen LogP contribution is -2.13. The Morgan fingerprint density at radius 2 is 1.64 bits per heavy atom. The molecule has 0 spiro atoms. The number of sulfone groups is 1. The molecule has 0 amide bonds. The minimum atomic E-state index is -3.63. The summed E-state index contributed by atoms with van der Waals surface area (Å²) < 4.78 is 26.1. The van der Waals surface area contributed by atoms with E-state index in [9.17, 15) is 8.42 Å². The Morgan fingerprint density at radius 1 is 0.955 bits per heavy atom. The van der Waals surface area contributed by atoms with Crippen LogP contribution < -0.4 is 5.32 Å². The smallest absolute Gasteiger partial charge is 0.208 e. The first-order chi connectivity index (χ1) is 10.5. The molecule has 0 fully saturated rings. The van der Waals surface area contributed by atoms with Gasteiger partial charge in [-0.3, -0.25) is 0 Å². The van der Waals surface area contributed by atoms with E-state index in [1.807, 2.05) is 19.1 Å². The Bertz CT molecular complexity index is 879. The van der Waals surface area contributed by atoms with Crippen molar-refractivity contribution in [3.63, 3.8) is 0 Å². The van der Waals surface area contributed by atoms with E-state index in [1.54, 1.807) is 43.3 Å². The molecule has 0 radical (unpaired) electrons. The SMILES string of the molecule is CC1=C(S(=O)(=O)c2ccc(C)cc2)c2ccccc2N=CN1. The number of hydrogen-bond donors (Lipinski definition) is 1. The number of aryl methyl sites for hydroxylation is 1. The lowest BCUT2D eigenvalue weighted by atomic mass is 10.1. The third-order valence-corrected chi connectivity index (χ3v) is 5.53. The molecule has 3 rings (SSSR count). The Hall–Kier alpha value is -2.40. The van der Waals surface area contributed by atoms with Crippen molar-refractivity contribution in [3.05, 3.63) is 65.4 Å². The van der Waals surface area contributed by atoms with Crippen molar-refractivity contribution in [1.29, 1.82) is 0 Å². The summed E-state index contributed by atoms with van der Waals surface area (Å²) in [7, 11) is -3.63. The van der Waals surface area contributed by atoms with Gasteiger partial charge in [0, 0.05) is 11.3 Å². The number of aliphatic imine (C=N–C) groups is 1. The van der Waals surface area contributed by atoms with Gasteiger partial charge in [-0.1, -0.05) is 35.9 Å². The molecular formula is C17H16N2O2S. The molecular weight excluding hydrogens is 296 g/mol. The number of rotatable bonds is 2. The van der Waals surface area contributed by atoms with E-state index in [-0.39, 0.29) is 9.80 Å².